The summed E-state index contributed by atoms with van der Waals surface area (Å²) >= 11 is 0. The minimum atomic E-state index is 0.162. The molecule has 5 nitrogen and oxygen atoms in total. The first-order valence-electron chi connectivity index (χ1n) is 7.36. The first kappa shape index (κ1) is 14.1. The Morgan fingerprint density at radius 1 is 1.29 bits per heavy atom. The molecule has 1 saturated heterocycles. The third-order valence-electron chi connectivity index (χ3n) is 3.91. The van der Waals surface area contributed by atoms with Crippen molar-refractivity contribution in [3.05, 3.63) is 36.0 Å². The summed E-state index contributed by atoms with van der Waals surface area (Å²) in [6.07, 6.45) is 2.08. The Morgan fingerprint density at radius 2 is 2.05 bits per heavy atom. The van der Waals surface area contributed by atoms with Gasteiger partial charge in [-0.25, -0.2) is 0 Å². The molecule has 0 radical (unpaired) electrons. The molecular weight excluding hydrogens is 266 g/mol. The van der Waals surface area contributed by atoms with Gasteiger partial charge < -0.3 is 19.5 Å². The van der Waals surface area contributed by atoms with Gasteiger partial charge >= 0.3 is 0 Å². The second-order valence-corrected chi connectivity index (χ2v) is 5.32. The molecule has 1 amide bonds. The van der Waals surface area contributed by atoms with Crippen LogP contribution >= 0.6 is 0 Å². The Morgan fingerprint density at radius 3 is 2.81 bits per heavy atom. The van der Waals surface area contributed by atoms with E-state index in [0.29, 0.717) is 32.8 Å². The number of carbonyl (C=O) groups is 1. The fourth-order valence-corrected chi connectivity index (χ4v) is 2.84. The maximum Gasteiger partial charge on any atom is 0.242 e. The number of aromatic nitrogens is 1. The average molecular weight is 287 g/mol. The highest BCUT2D eigenvalue weighted by Gasteiger charge is 2.18. The van der Waals surface area contributed by atoms with Crippen LogP contribution in [-0.2, 0) is 22.6 Å². The third-order valence-corrected chi connectivity index (χ3v) is 3.91. The number of hydrogen-bond donors (Lipinski definition) is 1. The lowest BCUT2D eigenvalue weighted by molar-refractivity contribution is -0.135. The maximum absolute atomic E-state index is 12.4. The summed E-state index contributed by atoms with van der Waals surface area (Å²) in [4.78, 5) is 14.3. The van der Waals surface area contributed by atoms with Crippen molar-refractivity contribution in [2.75, 3.05) is 33.4 Å². The van der Waals surface area contributed by atoms with E-state index in [1.807, 2.05) is 24.1 Å². The Bertz CT molecular complexity index is 629. The molecule has 0 atom stereocenters. The van der Waals surface area contributed by atoms with Crippen molar-refractivity contribution in [2.45, 2.75) is 13.1 Å². The number of para-hydroxylation sites is 1. The largest absolute Gasteiger partial charge is 0.378 e. The molecular formula is C16H21N3O2. The minimum absolute atomic E-state index is 0.162. The van der Waals surface area contributed by atoms with Gasteiger partial charge in [-0.3, -0.25) is 4.79 Å². The molecule has 1 aromatic carbocycles. The summed E-state index contributed by atoms with van der Waals surface area (Å²) in [5.41, 5.74) is 2.34. The zero-order valence-corrected chi connectivity index (χ0v) is 12.3. The molecule has 1 fully saturated rings. The van der Waals surface area contributed by atoms with E-state index < -0.39 is 0 Å². The molecule has 1 aliphatic heterocycles. The Labute approximate surface area is 124 Å². The van der Waals surface area contributed by atoms with Crippen LogP contribution in [0.5, 0.6) is 0 Å². The lowest BCUT2D eigenvalue weighted by Crippen LogP contribution is -2.42. The van der Waals surface area contributed by atoms with Gasteiger partial charge in [0.15, 0.2) is 0 Å². The van der Waals surface area contributed by atoms with Crippen LogP contribution in [0.15, 0.2) is 30.5 Å². The quantitative estimate of drug-likeness (QED) is 0.920. The van der Waals surface area contributed by atoms with Gasteiger partial charge in [0.05, 0.1) is 13.2 Å². The van der Waals surface area contributed by atoms with Crippen LogP contribution in [0.1, 0.15) is 5.56 Å². The molecule has 1 aromatic heterocycles. The fraction of sp³-hybridized carbons (Fsp3) is 0.438. The van der Waals surface area contributed by atoms with Gasteiger partial charge in [-0.1, -0.05) is 18.2 Å². The summed E-state index contributed by atoms with van der Waals surface area (Å²) in [6, 6.07) is 8.23. The number of ether oxygens (including phenoxy) is 1. The van der Waals surface area contributed by atoms with Crippen molar-refractivity contribution in [1.82, 2.24) is 14.8 Å². The zero-order chi connectivity index (χ0) is 14.7. The first-order chi connectivity index (χ1) is 10.3. The number of nitrogens with zero attached hydrogens (tertiary/aromatic N) is 2. The molecule has 1 aliphatic rings. The molecule has 2 aromatic rings. The van der Waals surface area contributed by atoms with E-state index in [1.165, 1.54) is 10.9 Å². The predicted molar refractivity (Wildman–Crippen MR) is 82.1 cm³/mol. The monoisotopic (exact) mass is 287 g/mol. The van der Waals surface area contributed by atoms with E-state index in [1.54, 1.807) is 0 Å². The number of carbonyl (C=O) groups excluding carboxylic acids is 1. The third kappa shape index (κ3) is 2.94. The van der Waals surface area contributed by atoms with Crippen LogP contribution in [0.4, 0.5) is 0 Å². The van der Waals surface area contributed by atoms with Crippen LogP contribution in [0.25, 0.3) is 10.9 Å². The number of rotatable bonds is 4. The standard InChI is InChI=1S/C16H21N3O2/c1-17-10-13-11-19(15-5-3-2-4-14(13)15)12-16(20)18-6-8-21-9-7-18/h2-5,11,17H,6-10,12H2,1H3. The molecule has 3 rings (SSSR count). The smallest absolute Gasteiger partial charge is 0.242 e. The Balaban J connectivity index is 1.84. The van der Waals surface area contributed by atoms with Crippen molar-refractivity contribution in [3.8, 4) is 0 Å². The molecule has 0 bridgehead atoms. The van der Waals surface area contributed by atoms with Gasteiger partial charge in [-0.15, -0.1) is 0 Å². The molecule has 1 N–H and O–H groups in total. The first-order valence-corrected chi connectivity index (χ1v) is 7.36. The van der Waals surface area contributed by atoms with Crippen LogP contribution < -0.4 is 5.32 Å². The molecule has 21 heavy (non-hydrogen) atoms. The summed E-state index contributed by atoms with van der Waals surface area (Å²) in [6.45, 7) is 3.87. The number of morpholine rings is 1. The van der Waals surface area contributed by atoms with Crippen LogP contribution in [0.2, 0.25) is 0 Å². The summed E-state index contributed by atoms with van der Waals surface area (Å²) < 4.78 is 7.35. The molecule has 112 valence electrons. The zero-order valence-electron chi connectivity index (χ0n) is 12.3. The van der Waals surface area contributed by atoms with Gasteiger partial charge in [-0.2, -0.15) is 0 Å². The SMILES string of the molecule is CNCc1cn(CC(=O)N2CCOCC2)c2ccccc12. The Kier molecular flexibility index (Phi) is 4.22. The van der Waals surface area contributed by atoms with E-state index in [0.717, 1.165) is 12.1 Å². The van der Waals surface area contributed by atoms with Gasteiger partial charge in [0.25, 0.3) is 0 Å². The number of amides is 1. The van der Waals surface area contributed by atoms with Crippen LogP contribution in [-0.4, -0.2) is 48.7 Å². The normalized spacial score (nSPS) is 15.6. The highest BCUT2D eigenvalue weighted by molar-refractivity contribution is 5.86. The van der Waals surface area contributed by atoms with Crippen molar-refractivity contribution >= 4 is 16.8 Å². The highest BCUT2D eigenvalue weighted by atomic mass is 16.5. The second kappa shape index (κ2) is 6.28. The maximum atomic E-state index is 12.4. The second-order valence-electron chi connectivity index (χ2n) is 5.32. The van der Waals surface area contributed by atoms with E-state index in [-0.39, 0.29) is 5.91 Å². The average Bonchev–Trinajstić information content (AvgIpc) is 2.87. The summed E-state index contributed by atoms with van der Waals surface area (Å²) in [7, 11) is 1.94. The number of fused-ring (bicyclic) bond motifs is 1. The van der Waals surface area contributed by atoms with Crippen molar-refractivity contribution in [2.24, 2.45) is 0 Å². The van der Waals surface area contributed by atoms with E-state index in [9.17, 15) is 4.79 Å². The number of hydrogen-bond acceptors (Lipinski definition) is 3. The minimum Gasteiger partial charge on any atom is -0.378 e. The lowest BCUT2D eigenvalue weighted by Gasteiger charge is -2.27. The number of benzene rings is 1. The summed E-state index contributed by atoms with van der Waals surface area (Å²) in [5.74, 6) is 0.162. The molecule has 5 heteroatoms. The highest BCUT2D eigenvalue weighted by Crippen LogP contribution is 2.21. The molecule has 0 spiro atoms. The molecule has 0 saturated carbocycles. The van der Waals surface area contributed by atoms with Crippen LogP contribution in [0.3, 0.4) is 0 Å². The topological polar surface area (TPSA) is 46.5 Å². The molecule has 2 heterocycles. The van der Waals surface area contributed by atoms with Crippen molar-refractivity contribution < 1.29 is 9.53 Å². The molecule has 0 unspecified atom stereocenters. The summed E-state index contributed by atoms with van der Waals surface area (Å²) in [5, 5.41) is 4.39. The lowest BCUT2D eigenvalue weighted by atomic mass is 10.2. The van der Waals surface area contributed by atoms with Crippen LogP contribution in [0, 0.1) is 0 Å². The van der Waals surface area contributed by atoms with Gasteiger partial charge in [-0.05, 0) is 18.7 Å². The van der Waals surface area contributed by atoms with Crippen molar-refractivity contribution in [1.29, 1.82) is 0 Å². The predicted octanol–water partition coefficient (Wildman–Crippen LogP) is 1.22. The van der Waals surface area contributed by atoms with E-state index in [4.69, 9.17) is 4.74 Å². The fourth-order valence-electron chi connectivity index (χ4n) is 2.84. The van der Waals surface area contributed by atoms with Gasteiger partial charge in [0.1, 0.15) is 6.54 Å². The van der Waals surface area contributed by atoms with E-state index >= 15 is 0 Å². The Hall–Kier alpha value is -1.85. The van der Waals surface area contributed by atoms with E-state index in [2.05, 4.69) is 28.2 Å². The number of nitrogens with one attached hydrogen (secondary N) is 1. The molecule has 0 aliphatic carbocycles. The van der Waals surface area contributed by atoms with Gasteiger partial charge in [0.2, 0.25) is 5.91 Å². The van der Waals surface area contributed by atoms with Crippen molar-refractivity contribution in [3.63, 3.8) is 0 Å². The van der Waals surface area contributed by atoms with Gasteiger partial charge in [0, 0.05) is 36.7 Å².